The predicted molar refractivity (Wildman–Crippen MR) is 112 cm³/mol. The predicted octanol–water partition coefficient (Wildman–Crippen LogP) is 4.73. The van der Waals surface area contributed by atoms with E-state index in [0.717, 1.165) is 6.42 Å². The average Bonchev–Trinajstić information content (AvgIpc) is 2.77. The number of esters is 1. The SMILES string of the molecule is COc1cc(OC)nc(Oc2cccc(Cl)c2C(=O)OCCCc2ccccc2)n1. The molecule has 7 nitrogen and oxygen atoms in total. The van der Waals surface area contributed by atoms with Gasteiger partial charge in [-0.1, -0.05) is 48.0 Å². The molecule has 156 valence electrons. The summed E-state index contributed by atoms with van der Waals surface area (Å²) in [4.78, 5) is 20.9. The van der Waals surface area contributed by atoms with Gasteiger partial charge in [0.2, 0.25) is 11.8 Å². The number of methoxy groups -OCH3 is 2. The number of carbonyl (C=O) groups is 1. The van der Waals surface area contributed by atoms with Crippen molar-refractivity contribution in [2.45, 2.75) is 12.8 Å². The van der Waals surface area contributed by atoms with Crippen LogP contribution in [0.2, 0.25) is 5.02 Å². The van der Waals surface area contributed by atoms with Crippen LogP contribution in [0.15, 0.2) is 54.6 Å². The third-order valence-corrected chi connectivity index (χ3v) is 4.46. The molecule has 0 bridgehead atoms. The van der Waals surface area contributed by atoms with E-state index in [-0.39, 0.29) is 40.7 Å². The zero-order chi connectivity index (χ0) is 21.3. The maximum atomic E-state index is 12.7. The molecule has 0 amide bonds. The first-order valence-electron chi connectivity index (χ1n) is 9.25. The summed E-state index contributed by atoms with van der Waals surface area (Å²) in [5.74, 6) is 0.0946. The van der Waals surface area contributed by atoms with Gasteiger partial charge in [-0.25, -0.2) is 4.79 Å². The van der Waals surface area contributed by atoms with Gasteiger partial charge in [0.25, 0.3) is 0 Å². The van der Waals surface area contributed by atoms with Crippen LogP contribution in [0.25, 0.3) is 0 Å². The second-order valence-corrected chi connectivity index (χ2v) is 6.58. The van der Waals surface area contributed by atoms with Crippen molar-refractivity contribution in [3.63, 3.8) is 0 Å². The summed E-state index contributed by atoms with van der Waals surface area (Å²) >= 11 is 6.25. The molecule has 0 saturated heterocycles. The molecule has 3 rings (SSSR count). The van der Waals surface area contributed by atoms with E-state index in [1.54, 1.807) is 18.2 Å². The summed E-state index contributed by atoms with van der Waals surface area (Å²) in [6.45, 7) is 0.252. The van der Waals surface area contributed by atoms with Crippen molar-refractivity contribution in [2.24, 2.45) is 0 Å². The minimum Gasteiger partial charge on any atom is -0.481 e. The van der Waals surface area contributed by atoms with E-state index < -0.39 is 5.97 Å². The number of hydrogen-bond acceptors (Lipinski definition) is 7. The Morgan fingerprint density at radius 2 is 1.67 bits per heavy atom. The van der Waals surface area contributed by atoms with Crippen LogP contribution in [0.1, 0.15) is 22.3 Å². The monoisotopic (exact) mass is 428 g/mol. The van der Waals surface area contributed by atoms with Gasteiger partial charge >= 0.3 is 12.0 Å². The van der Waals surface area contributed by atoms with Crippen LogP contribution >= 0.6 is 11.6 Å². The van der Waals surface area contributed by atoms with E-state index in [1.807, 2.05) is 30.3 Å². The van der Waals surface area contributed by atoms with Crippen molar-refractivity contribution in [1.29, 1.82) is 0 Å². The Hall–Kier alpha value is -3.32. The van der Waals surface area contributed by atoms with E-state index in [1.165, 1.54) is 25.8 Å². The maximum absolute atomic E-state index is 12.7. The molecule has 0 aliphatic rings. The van der Waals surface area contributed by atoms with Gasteiger partial charge < -0.3 is 18.9 Å². The molecular formula is C22H21ClN2O5. The Labute approximate surface area is 179 Å². The Morgan fingerprint density at radius 1 is 0.967 bits per heavy atom. The van der Waals surface area contributed by atoms with Gasteiger partial charge in [0.05, 0.1) is 31.9 Å². The molecule has 0 atom stereocenters. The minimum absolute atomic E-state index is 0.0494. The lowest BCUT2D eigenvalue weighted by atomic mass is 10.1. The lowest BCUT2D eigenvalue weighted by molar-refractivity contribution is 0.0498. The highest BCUT2D eigenvalue weighted by Crippen LogP contribution is 2.31. The summed E-state index contributed by atoms with van der Waals surface area (Å²) in [6, 6.07) is 16.3. The highest BCUT2D eigenvalue weighted by Gasteiger charge is 2.20. The number of aromatic nitrogens is 2. The summed E-state index contributed by atoms with van der Waals surface area (Å²) in [7, 11) is 2.92. The number of benzene rings is 2. The smallest absolute Gasteiger partial charge is 0.343 e. The Bertz CT molecular complexity index is 976. The van der Waals surface area contributed by atoms with Gasteiger partial charge in [-0.2, -0.15) is 9.97 Å². The Kier molecular flexibility index (Phi) is 7.45. The van der Waals surface area contributed by atoms with Crippen LogP contribution in [0.3, 0.4) is 0 Å². The zero-order valence-electron chi connectivity index (χ0n) is 16.6. The van der Waals surface area contributed by atoms with Gasteiger partial charge in [0, 0.05) is 0 Å². The Morgan fingerprint density at radius 3 is 2.33 bits per heavy atom. The number of ether oxygens (including phenoxy) is 4. The first-order chi connectivity index (χ1) is 14.6. The molecule has 0 fully saturated rings. The molecule has 30 heavy (non-hydrogen) atoms. The van der Waals surface area contributed by atoms with E-state index in [4.69, 9.17) is 30.5 Å². The first-order valence-corrected chi connectivity index (χ1v) is 9.63. The average molecular weight is 429 g/mol. The molecule has 1 heterocycles. The summed E-state index contributed by atoms with van der Waals surface area (Å²) < 4.78 is 21.3. The topological polar surface area (TPSA) is 79.8 Å². The maximum Gasteiger partial charge on any atom is 0.343 e. The van der Waals surface area contributed by atoms with E-state index in [2.05, 4.69) is 9.97 Å². The number of aryl methyl sites for hydroxylation is 1. The standard InChI is InChI=1S/C22H21ClN2O5/c1-27-18-14-19(28-2)25-22(24-18)30-17-12-6-11-16(23)20(17)21(26)29-13-7-10-15-8-4-3-5-9-15/h3-6,8-9,11-12,14H,7,10,13H2,1-2H3. The fraction of sp³-hybridized carbons (Fsp3) is 0.227. The van der Waals surface area contributed by atoms with Crippen LogP contribution in [0.5, 0.6) is 23.5 Å². The largest absolute Gasteiger partial charge is 0.481 e. The van der Waals surface area contributed by atoms with Crippen LogP contribution < -0.4 is 14.2 Å². The molecule has 0 aliphatic carbocycles. The summed E-state index contributed by atoms with van der Waals surface area (Å²) in [6.07, 6.45) is 1.49. The highest BCUT2D eigenvalue weighted by atomic mass is 35.5. The molecule has 0 aliphatic heterocycles. The quantitative estimate of drug-likeness (QED) is 0.360. The number of nitrogens with zero attached hydrogens (tertiary/aromatic N) is 2. The van der Waals surface area contributed by atoms with Gasteiger partial charge in [-0.05, 0) is 30.5 Å². The normalized spacial score (nSPS) is 10.4. The second kappa shape index (κ2) is 10.5. The third-order valence-electron chi connectivity index (χ3n) is 4.14. The van der Waals surface area contributed by atoms with Crippen molar-refractivity contribution < 1.29 is 23.7 Å². The molecule has 0 unspecified atom stereocenters. The van der Waals surface area contributed by atoms with Crippen LogP contribution in [0.4, 0.5) is 0 Å². The van der Waals surface area contributed by atoms with Crippen molar-refractivity contribution in [1.82, 2.24) is 9.97 Å². The highest BCUT2D eigenvalue weighted by molar-refractivity contribution is 6.34. The molecule has 0 N–H and O–H groups in total. The van der Waals surface area contributed by atoms with E-state index in [0.29, 0.717) is 6.42 Å². The Balaban J connectivity index is 1.70. The molecule has 3 aromatic rings. The number of halogens is 1. The van der Waals surface area contributed by atoms with Crippen molar-refractivity contribution in [3.05, 3.63) is 70.7 Å². The molecular weight excluding hydrogens is 408 g/mol. The van der Waals surface area contributed by atoms with Gasteiger partial charge in [-0.15, -0.1) is 0 Å². The fourth-order valence-corrected chi connectivity index (χ4v) is 2.93. The molecule has 0 radical (unpaired) electrons. The molecule has 8 heteroatoms. The molecule has 0 saturated carbocycles. The van der Waals surface area contributed by atoms with E-state index in [9.17, 15) is 4.79 Å². The molecule has 1 aromatic heterocycles. The molecule has 2 aromatic carbocycles. The summed E-state index contributed by atoms with van der Waals surface area (Å²) in [5, 5.41) is 0.204. The lowest BCUT2D eigenvalue weighted by Gasteiger charge is -2.12. The van der Waals surface area contributed by atoms with Crippen molar-refractivity contribution >= 4 is 17.6 Å². The van der Waals surface area contributed by atoms with E-state index >= 15 is 0 Å². The first kappa shape index (κ1) is 21.4. The number of carbonyl (C=O) groups excluding carboxylic acids is 1. The van der Waals surface area contributed by atoms with Gasteiger partial charge in [0.1, 0.15) is 11.3 Å². The number of rotatable bonds is 9. The minimum atomic E-state index is -0.585. The van der Waals surface area contributed by atoms with Gasteiger partial charge in [0.15, 0.2) is 0 Å². The van der Waals surface area contributed by atoms with Crippen LogP contribution in [0, 0.1) is 0 Å². The summed E-state index contributed by atoms with van der Waals surface area (Å²) in [5.41, 5.74) is 1.28. The third kappa shape index (κ3) is 5.61. The zero-order valence-corrected chi connectivity index (χ0v) is 17.4. The van der Waals surface area contributed by atoms with Crippen LogP contribution in [-0.4, -0.2) is 36.8 Å². The fourth-order valence-electron chi connectivity index (χ4n) is 2.68. The molecule has 0 spiro atoms. The van der Waals surface area contributed by atoms with Crippen molar-refractivity contribution in [3.8, 4) is 23.5 Å². The van der Waals surface area contributed by atoms with Crippen molar-refractivity contribution in [2.75, 3.05) is 20.8 Å². The number of hydrogen-bond donors (Lipinski definition) is 0. The lowest BCUT2D eigenvalue weighted by Crippen LogP contribution is -2.10. The van der Waals surface area contributed by atoms with Gasteiger partial charge in [-0.3, -0.25) is 0 Å². The van der Waals surface area contributed by atoms with Crippen LogP contribution in [-0.2, 0) is 11.2 Å². The second-order valence-electron chi connectivity index (χ2n) is 6.18.